The number of aromatic amines is 1. The fourth-order valence-electron chi connectivity index (χ4n) is 1.04. The summed E-state index contributed by atoms with van der Waals surface area (Å²) in [6, 6.07) is 3.55. The lowest BCUT2D eigenvalue weighted by molar-refractivity contribution is 0.396. The fourth-order valence-corrected chi connectivity index (χ4v) is 1.04. The highest BCUT2D eigenvalue weighted by molar-refractivity contribution is 5.20. The molecule has 1 N–H and O–H groups in total. The molecule has 0 aliphatic carbocycles. The second-order valence-electron chi connectivity index (χ2n) is 2.97. The van der Waals surface area contributed by atoms with Crippen molar-refractivity contribution in [1.82, 2.24) is 4.98 Å². The molecule has 0 unspecified atom stereocenters. The van der Waals surface area contributed by atoms with E-state index in [4.69, 9.17) is 4.74 Å². The zero-order valence-electron chi connectivity index (χ0n) is 7.55. The number of nitrogens with one attached hydrogen (secondary N) is 1. The minimum absolute atomic E-state index is 0.0654. The van der Waals surface area contributed by atoms with Crippen LogP contribution in [-0.4, -0.2) is 12.1 Å². The van der Waals surface area contributed by atoms with Crippen molar-refractivity contribution in [3.63, 3.8) is 0 Å². The molecule has 0 aliphatic heterocycles. The summed E-state index contributed by atoms with van der Waals surface area (Å²) in [5, 5.41) is 0. The summed E-state index contributed by atoms with van der Waals surface area (Å²) in [5.74, 6) is 0.754. The molecular formula is C9H13NO2. The molecule has 1 aromatic heterocycles. The van der Waals surface area contributed by atoms with Crippen molar-refractivity contribution in [1.29, 1.82) is 0 Å². The van der Waals surface area contributed by atoms with Gasteiger partial charge in [0.25, 0.3) is 5.56 Å². The Labute approximate surface area is 71.4 Å². The highest BCUT2D eigenvalue weighted by Gasteiger charge is 2.04. The molecule has 0 saturated carbocycles. The molecule has 3 heteroatoms. The van der Waals surface area contributed by atoms with Crippen LogP contribution in [0.25, 0.3) is 0 Å². The molecular weight excluding hydrogens is 154 g/mol. The van der Waals surface area contributed by atoms with Gasteiger partial charge in [-0.15, -0.1) is 0 Å². The Morgan fingerprint density at radius 2 is 2.08 bits per heavy atom. The molecule has 0 atom stereocenters. The van der Waals surface area contributed by atoms with Gasteiger partial charge < -0.3 is 4.74 Å². The van der Waals surface area contributed by atoms with Gasteiger partial charge in [0.1, 0.15) is 0 Å². The standard InChI is InChI=1S/C9H13NO2/c1-6(2)7-4-5-8(12-3)10-9(7)11/h4-6H,1-3H3,(H,10,11). The number of methoxy groups -OCH3 is 1. The predicted molar refractivity (Wildman–Crippen MR) is 47.7 cm³/mol. The number of hydrogen-bond donors (Lipinski definition) is 1. The van der Waals surface area contributed by atoms with Crippen molar-refractivity contribution >= 4 is 0 Å². The molecule has 1 aromatic rings. The Balaban J connectivity index is 3.12. The van der Waals surface area contributed by atoms with Crippen molar-refractivity contribution in [3.8, 4) is 5.88 Å². The van der Waals surface area contributed by atoms with Gasteiger partial charge >= 0.3 is 0 Å². The summed E-state index contributed by atoms with van der Waals surface area (Å²) in [6.07, 6.45) is 0. The third kappa shape index (κ3) is 1.67. The van der Waals surface area contributed by atoms with Crippen LogP contribution in [-0.2, 0) is 0 Å². The van der Waals surface area contributed by atoms with Gasteiger partial charge in [-0.3, -0.25) is 9.78 Å². The van der Waals surface area contributed by atoms with Crippen molar-refractivity contribution in [3.05, 3.63) is 28.0 Å². The zero-order chi connectivity index (χ0) is 9.14. The first-order chi connectivity index (χ1) is 5.65. The van der Waals surface area contributed by atoms with Gasteiger partial charge in [0.15, 0.2) is 5.88 Å². The van der Waals surface area contributed by atoms with Crippen LogP contribution in [0.3, 0.4) is 0 Å². The van der Waals surface area contributed by atoms with Crippen LogP contribution in [0.1, 0.15) is 25.3 Å². The van der Waals surface area contributed by atoms with Crippen LogP contribution < -0.4 is 10.3 Å². The molecule has 0 fully saturated rings. The largest absolute Gasteiger partial charge is 0.482 e. The molecule has 3 nitrogen and oxygen atoms in total. The second-order valence-corrected chi connectivity index (χ2v) is 2.97. The van der Waals surface area contributed by atoms with E-state index in [0.717, 1.165) is 5.56 Å². The Hall–Kier alpha value is -1.25. The topological polar surface area (TPSA) is 42.1 Å². The SMILES string of the molecule is COc1ccc(C(C)C)c(=O)[nH]1. The first-order valence-corrected chi connectivity index (χ1v) is 3.92. The third-order valence-electron chi connectivity index (χ3n) is 1.76. The van der Waals surface area contributed by atoms with Crippen LogP contribution in [0.5, 0.6) is 5.88 Å². The maximum Gasteiger partial charge on any atom is 0.254 e. The zero-order valence-corrected chi connectivity index (χ0v) is 7.55. The molecule has 0 aliphatic rings. The van der Waals surface area contributed by atoms with E-state index >= 15 is 0 Å². The number of H-pyrrole nitrogens is 1. The Morgan fingerprint density at radius 1 is 1.42 bits per heavy atom. The second kappa shape index (κ2) is 3.43. The van der Waals surface area contributed by atoms with Gasteiger partial charge in [0.05, 0.1) is 7.11 Å². The minimum atomic E-state index is -0.0654. The van der Waals surface area contributed by atoms with Crippen LogP contribution in [0.4, 0.5) is 0 Å². The summed E-state index contributed by atoms with van der Waals surface area (Å²) < 4.78 is 4.87. The van der Waals surface area contributed by atoms with Crippen molar-refractivity contribution < 1.29 is 4.74 Å². The van der Waals surface area contributed by atoms with Gasteiger partial charge in [-0.1, -0.05) is 13.8 Å². The molecule has 1 rings (SSSR count). The summed E-state index contributed by atoms with van der Waals surface area (Å²) >= 11 is 0. The van der Waals surface area contributed by atoms with Crippen LogP contribution in [0.15, 0.2) is 16.9 Å². The smallest absolute Gasteiger partial charge is 0.254 e. The Bertz CT molecular complexity index is 315. The number of rotatable bonds is 2. The predicted octanol–water partition coefficient (Wildman–Crippen LogP) is 1.51. The molecule has 0 aromatic carbocycles. The van der Waals surface area contributed by atoms with E-state index in [-0.39, 0.29) is 11.5 Å². The fraction of sp³-hybridized carbons (Fsp3) is 0.444. The minimum Gasteiger partial charge on any atom is -0.482 e. The molecule has 66 valence electrons. The average Bonchev–Trinajstić information content (AvgIpc) is 2.03. The Morgan fingerprint density at radius 3 is 2.50 bits per heavy atom. The molecule has 0 amide bonds. The molecule has 0 radical (unpaired) electrons. The maximum absolute atomic E-state index is 11.3. The first-order valence-electron chi connectivity index (χ1n) is 3.92. The van der Waals surface area contributed by atoms with E-state index in [9.17, 15) is 4.79 Å². The lowest BCUT2D eigenvalue weighted by Gasteiger charge is -2.04. The van der Waals surface area contributed by atoms with E-state index in [1.165, 1.54) is 7.11 Å². The van der Waals surface area contributed by atoms with Gasteiger partial charge in [0.2, 0.25) is 0 Å². The molecule has 0 spiro atoms. The summed E-state index contributed by atoms with van der Waals surface area (Å²) in [4.78, 5) is 13.9. The third-order valence-corrected chi connectivity index (χ3v) is 1.76. The lowest BCUT2D eigenvalue weighted by atomic mass is 10.1. The van der Waals surface area contributed by atoms with Crippen LogP contribution in [0.2, 0.25) is 0 Å². The Kier molecular flexibility index (Phi) is 2.53. The number of pyridine rings is 1. The van der Waals surface area contributed by atoms with Gasteiger partial charge in [-0.2, -0.15) is 0 Å². The van der Waals surface area contributed by atoms with Crippen molar-refractivity contribution in [2.45, 2.75) is 19.8 Å². The quantitative estimate of drug-likeness (QED) is 0.725. The molecule has 0 bridgehead atoms. The number of hydrogen-bond acceptors (Lipinski definition) is 2. The summed E-state index contributed by atoms with van der Waals surface area (Å²) in [6.45, 7) is 3.97. The summed E-state index contributed by atoms with van der Waals surface area (Å²) in [7, 11) is 1.53. The van der Waals surface area contributed by atoms with Gasteiger partial charge in [0, 0.05) is 5.56 Å². The normalized spacial score (nSPS) is 10.3. The van der Waals surface area contributed by atoms with Crippen LogP contribution >= 0.6 is 0 Å². The van der Waals surface area contributed by atoms with E-state index < -0.39 is 0 Å². The average molecular weight is 167 g/mol. The van der Waals surface area contributed by atoms with E-state index in [1.807, 2.05) is 13.8 Å². The number of aromatic nitrogens is 1. The highest BCUT2D eigenvalue weighted by atomic mass is 16.5. The number of ether oxygens (including phenoxy) is 1. The molecule has 12 heavy (non-hydrogen) atoms. The van der Waals surface area contributed by atoms with Crippen LogP contribution in [0, 0.1) is 0 Å². The van der Waals surface area contributed by atoms with E-state index in [1.54, 1.807) is 12.1 Å². The van der Waals surface area contributed by atoms with Gasteiger partial charge in [-0.05, 0) is 18.1 Å². The molecule has 1 heterocycles. The highest BCUT2D eigenvalue weighted by Crippen LogP contribution is 2.10. The maximum atomic E-state index is 11.3. The lowest BCUT2D eigenvalue weighted by Crippen LogP contribution is -2.13. The van der Waals surface area contributed by atoms with Crippen molar-refractivity contribution in [2.24, 2.45) is 0 Å². The van der Waals surface area contributed by atoms with Crippen molar-refractivity contribution in [2.75, 3.05) is 7.11 Å². The summed E-state index contributed by atoms with van der Waals surface area (Å²) in [5.41, 5.74) is 0.722. The van der Waals surface area contributed by atoms with E-state index in [2.05, 4.69) is 4.98 Å². The van der Waals surface area contributed by atoms with E-state index in [0.29, 0.717) is 5.88 Å². The molecule has 0 saturated heterocycles. The first kappa shape index (κ1) is 8.84. The van der Waals surface area contributed by atoms with Gasteiger partial charge in [-0.25, -0.2) is 0 Å². The monoisotopic (exact) mass is 167 g/mol.